The average molecular weight is 244 g/mol. The molecule has 1 aromatic carbocycles. The van der Waals surface area contributed by atoms with E-state index >= 15 is 0 Å². The van der Waals surface area contributed by atoms with E-state index in [1.165, 1.54) is 5.56 Å². The molecule has 1 unspecified atom stereocenters. The second-order valence-corrected chi connectivity index (χ2v) is 4.06. The SMILES string of the molecule is Cl.OC(=S)[C@@H]1CC(c2ccccc2)CN1. The van der Waals surface area contributed by atoms with Crippen molar-refractivity contribution in [3.05, 3.63) is 35.9 Å². The van der Waals surface area contributed by atoms with Gasteiger partial charge in [0.25, 0.3) is 0 Å². The monoisotopic (exact) mass is 243 g/mol. The fourth-order valence-electron chi connectivity index (χ4n) is 1.90. The summed E-state index contributed by atoms with van der Waals surface area (Å²) in [5, 5.41) is 12.5. The Kier molecular flexibility index (Phi) is 4.51. The van der Waals surface area contributed by atoms with Crippen molar-refractivity contribution in [2.75, 3.05) is 6.54 Å². The second kappa shape index (κ2) is 5.45. The Morgan fingerprint density at radius 1 is 1.33 bits per heavy atom. The molecule has 1 aliphatic heterocycles. The summed E-state index contributed by atoms with van der Waals surface area (Å²) in [6, 6.07) is 10.3. The molecule has 2 rings (SSSR count). The first kappa shape index (κ1) is 12.4. The Bertz CT molecular complexity index is 331. The fourth-order valence-corrected chi connectivity index (χ4v) is 2.08. The summed E-state index contributed by atoms with van der Waals surface area (Å²) in [4.78, 5) is 0. The highest BCUT2D eigenvalue weighted by molar-refractivity contribution is 7.80. The van der Waals surface area contributed by atoms with Gasteiger partial charge >= 0.3 is 0 Å². The minimum atomic E-state index is -0.00444. The number of hydrogen-bond donors (Lipinski definition) is 2. The van der Waals surface area contributed by atoms with Crippen LogP contribution in [0.5, 0.6) is 0 Å². The molecule has 0 saturated carbocycles. The molecule has 2 nitrogen and oxygen atoms in total. The molecule has 1 heterocycles. The van der Waals surface area contributed by atoms with Gasteiger partial charge in [-0.3, -0.25) is 0 Å². The lowest BCUT2D eigenvalue weighted by Gasteiger charge is -2.08. The van der Waals surface area contributed by atoms with Gasteiger partial charge in [-0.05, 0) is 30.1 Å². The van der Waals surface area contributed by atoms with Crippen molar-refractivity contribution in [3.8, 4) is 0 Å². The van der Waals surface area contributed by atoms with E-state index in [2.05, 4.69) is 17.4 Å². The van der Waals surface area contributed by atoms with Crippen LogP contribution in [-0.2, 0) is 0 Å². The van der Waals surface area contributed by atoms with E-state index in [0.29, 0.717) is 5.92 Å². The van der Waals surface area contributed by atoms with E-state index in [1.54, 1.807) is 0 Å². The minimum absolute atomic E-state index is 0. The molecule has 4 heteroatoms. The van der Waals surface area contributed by atoms with Crippen molar-refractivity contribution in [2.45, 2.75) is 18.4 Å². The molecular formula is C11H14ClNOS. The Labute approximate surface area is 101 Å². The summed E-state index contributed by atoms with van der Waals surface area (Å²) in [6.07, 6.45) is 0.902. The van der Waals surface area contributed by atoms with E-state index in [9.17, 15) is 5.11 Å². The fraction of sp³-hybridized carbons (Fsp3) is 0.364. The molecule has 0 aromatic heterocycles. The van der Waals surface area contributed by atoms with Gasteiger partial charge in [-0.25, -0.2) is 0 Å². The van der Waals surface area contributed by atoms with E-state index in [0.717, 1.165) is 13.0 Å². The first-order valence-corrected chi connectivity index (χ1v) is 5.19. The Balaban J connectivity index is 0.00000112. The summed E-state index contributed by atoms with van der Waals surface area (Å²) in [5.74, 6) is 0.478. The molecule has 1 aliphatic rings. The molecule has 0 spiro atoms. The predicted molar refractivity (Wildman–Crippen MR) is 68.1 cm³/mol. The summed E-state index contributed by atoms with van der Waals surface area (Å²) in [7, 11) is 0. The second-order valence-electron chi connectivity index (χ2n) is 3.64. The van der Waals surface area contributed by atoms with Crippen molar-refractivity contribution < 1.29 is 5.11 Å². The molecule has 2 N–H and O–H groups in total. The van der Waals surface area contributed by atoms with Crippen LogP contribution in [-0.4, -0.2) is 22.7 Å². The molecule has 0 radical (unpaired) electrons. The van der Waals surface area contributed by atoms with Crippen LogP contribution < -0.4 is 5.32 Å². The normalized spacial score (nSPS) is 24.5. The van der Waals surface area contributed by atoms with Crippen LogP contribution in [0.4, 0.5) is 0 Å². The van der Waals surface area contributed by atoms with Gasteiger partial charge in [-0.15, -0.1) is 12.4 Å². The smallest absolute Gasteiger partial charge is 0.174 e. The number of thiocarbonyl (C=S) groups is 1. The van der Waals surface area contributed by atoms with Crippen molar-refractivity contribution in [1.29, 1.82) is 0 Å². The van der Waals surface area contributed by atoms with Crippen LogP contribution in [0.15, 0.2) is 30.3 Å². The molecule has 0 bridgehead atoms. The number of rotatable bonds is 2. The van der Waals surface area contributed by atoms with Crippen LogP contribution in [0.3, 0.4) is 0 Å². The quantitative estimate of drug-likeness (QED) is 0.783. The molecule has 15 heavy (non-hydrogen) atoms. The zero-order valence-electron chi connectivity index (χ0n) is 8.22. The predicted octanol–water partition coefficient (Wildman–Crippen LogP) is 2.44. The lowest BCUT2D eigenvalue weighted by Crippen LogP contribution is -2.28. The molecule has 1 fully saturated rings. The third-order valence-electron chi connectivity index (χ3n) is 2.70. The number of hydrogen-bond acceptors (Lipinski definition) is 2. The van der Waals surface area contributed by atoms with Crippen LogP contribution in [0, 0.1) is 0 Å². The number of halogens is 1. The highest BCUT2D eigenvalue weighted by Crippen LogP contribution is 2.25. The lowest BCUT2D eigenvalue weighted by atomic mass is 9.97. The minimum Gasteiger partial charge on any atom is -0.501 e. The molecule has 1 aromatic rings. The Morgan fingerprint density at radius 2 is 2.00 bits per heavy atom. The standard InChI is InChI=1S/C11H13NOS.ClH/c13-11(14)10-6-9(7-12-10)8-4-2-1-3-5-8;/h1-5,9-10,12H,6-7H2,(H,13,14);1H/t9?,10-;/m0./s1. The van der Waals surface area contributed by atoms with Gasteiger partial charge in [0, 0.05) is 6.54 Å². The molecule has 1 saturated heterocycles. The topological polar surface area (TPSA) is 32.3 Å². The van der Waals surface area contributed by atoms with E-state index in [4.69, 9.17) is 12.2 Å². The van der Waals surface area contributed by atoms with Gasteiger partial charge in [0.1, 0.15) is 0 Å². The summed E-state index contributed by atoms with van der Waals surface area (Å²) < 4.78 is 0. The molecule has 0 aliphatic carbocycles. The van der Waals surface area contributed by atoms with Gasteiger partial charge < -0.3 is 10.4 Å². The molecule has 2 atom stereocenters. The Morgan fingerprint density at radius 3 is 2.53 bits per heavy atom. The van der Waals surface area contributed by atoms with Crippen LogP contribution in [0.2, 0.25) is 0 Å². The largest absolute Gasteiger partial charge is 0.501 e. The van der Waals surface area contributed by atoms with Crippen molar-refractivity contribution in [2.24, 2.45) is 0 Å². The van der Waals surface area contributed by atoms with Crippen molar-refractivity contribution in [3.63, 3.8) is 0 Å². The molecule has 0 amide bonds. The van der Waals surface area contributed by atoms with Gasteiger partial charge in [-0.2, -0.15) is 0 Å². The zero-order chi connectivity index (χ0) is 9.97. The number of benzene rings is 1. The summed E-state index contributed by atoms with van der Waals surface area (Å²) >= 11 is 4.75. The third kappa shape index (κ3) is 2.91. The molecule has 82 valence electrons. The highest BCUT2D eigenvalue weighted by Gasteiger charge is 2.27. The number of nitrogens with one attached hydrogen (secondary N) is 1. The van der Waals surface area contributed by atoms with Crippen molar-refractivity contribution in [1.82, 2.24) is 5.32 Å². The van der Waals surface area contributed by atoms with E-state index in [-0.39, 0.29) is 23.5 Å². The lowest BCUT2D eigenvalue weighted by molar-refractivity contribution is 0.516. The maximum atomic E-state index is 9.19. The number of aliphatic hydroxyl groups excluding tert-OH is 1. The van der Waals surface area contributed by atoms with Gasteiger partial charge in [-0.1, -0.05) is 30.3 Å². The Hall–Kier alpha value is -0.640. The summed E-state index contributed by atoms with van der Waals surface area (Å²) in [5.41, 5.74) is 1.32. The maximum absolute atomic E-state index is 9.19. The van der Waals surface area contributed by atoms with E-state index < -0.39 is 0 Å². The third-order valence-corrected chi connectivity index (χ3v) is 2.98. The zero-order valence-corrected chi connectivity index (χ0v) is 9.85. The van der Waals surface area contributed by atoms with Crippen LogP contribution in [0.1, 0.15) is 17.9 Å². The van der Waals surface area contributed by atoms with Crippen LogP contribution in [0.25, 0.3) is 0 Å². The first-order chi connectivity index (χ1) is 6.77. The molecular weight excluding hydrogens is 230 g/mol. The van der Waals surface area contributed by atoms with Gasteiger partial charge in [0.05, 0.1) is 6.04 Å². The first-order valence-electron chi connectivity index (χ1n) is 4.78. The van der Waals surface area contributed by atoms with Crippen LogP contribution >= 0.6 is 24.6 Å². The van der Waals surface area contributed by atoms with Gasteiger partial charge in [0.2, 0.25) is 0 Å². The number of aliphatic hydroxyl groups is 1. The van der Waals surface area contributed by atoms with E-state index in [1.807, 2.05) is 18.2 Å². The van der Waals surface area contributed by atoms with Gasteiger partial charge in [0.15, 0.2) is 5.05 Å². The summed E-state index contributed by atoms with van der Waals surface area (Å²) in [6.45, 7) is 0.898. The highest BCUT2D eigenvalue weighted by atomic mass is 35.5. The maximum Gasteiger partial charge on any atom is 0.174 e. The average Bonchev–Trinajstić information content (AvgIpc) is 2.68. The van der Waals surface area contributed by atoms with Crippen molar-refractivity contribution >= 4 is 29.7 Å².